The second kappa shape index (κ2) is 7.92. The highest BCUT2D eigenvalue weighted by molar-refractivity contribution is 7.98. The molecule has 0 aromatic heterocycles. The second-order valence-corrected chi connectivity index (χ2v) is 11.3. The van der Waals surface area contributed by atoms with Crippen LogP contribution in [0.5, 0.6) is 0 Å². The Morgan fingerprint density at radius 3 is 1.45 bits per heavy atom. The Labute approximate surface area is 141 Å². The van der Waals surface area contributed by atoms with E-state index in [1.54, 1.807) is 0 Å². The average Bonchev–Trinajstić information content (AvgIpc) is 2.55. The zero-order valence-corrected chi connectivity index (χ0v) is 15.6. The maximum absolute atomic E-state index is 10.4. The molecule has 3 rings (SSSR count). The first-order chi connectivity index (χ1) is 10.7. The van der Waals surface area contributed by atoms with Crippen LogP contribution < -0.4 is 0 Å². The van der Waals surface area contributed by atoms with E-state index in [-0.39, 0.29) is 6.10 Å². The third-order valence-corrected chi connectivity index (χ3v) is 10.3. The smallest absolute Gasteiger partial charge is 0.119 e. The van der Waals surface area contributed by atoms with Crippen molar-refractivity contribution >= 4 is 10.9 Å². The van der Waals surface area contributed by atoms with E-state index in [2.05, 4.69) is 13.8 Å². The molecule has 2 unspecified atom stereocenters. The lowest BCUT2D eigenvalue weighted by Crippen LogP contribution is -2.48. The molecule has 0 aromatic rings. The molecule has 3 aliphatic rings. The van der Waals surface area contributed by atoms with Gasteiger partial charge in [-0.05, 0) is 86.9 Å². The van der Waals surface area contributed by atoms with Crippen LogP contribution in [0.3, 0.4) is 0 Å². The third kappa shape index (κ3) is 3.86. The highest BCUT2D eigenvalue weighted by Crippen LogP contribution is 2.43. The standard InChI is InChI=1S/C20H37OS/c1-15-13-19(14-16(2)20(15)21)22(17-9-5-3-6-10-17)18-11-7-4-8-12-18/h15-21H,3-14H2,1-2H3/q+1. The second-order valence-electron chi connectivity index (χ2n) is 8.47. The maximum Gasteiger partial charge on any atom is 0.119 e. The van der Waals surface area contributed by atoms with Gasteiger partial charge < -0.3 is 5.11 Å². The zero-order valence-electron chi connectivity index (χ0n) is 14.8. The van der Waals surface area contributed by atoms with E-state index in [0.717, 1.165) is 15.7 Å². The van der Waals surface area contributed by atoms with Crippen LogP contribution in [0.4, 0.5) is 0 Å². The molecular formula is C20H37OS+. The van der Waals surface area contributed by atoms with Crippen molar-refractivity contribution in [2.45, 2.75) is 113 Å². The van der Waals surface area contributed by atoms with Gasteiger partial charge in [-0.2, -0.15) is 0 Å². The third-order valence-electron chi connectivity index (χ3n) is 6.69. The summed E-state index contributed by atoms with van der Waals surface area (Å²) in [5.41, 5.74) is 0. The molecule has 0 radical (unpaired) electrons. The van der Waals surface area contributed by atoms with Gasteiger partial charge in [-0.25, -0.2) is 0 Å². The van der Waals surface area contributed by atoms with Crippen LogP contribution in [0.2, 0.25) is 0 Å². The first-order valence-electron chi connectivity index (χ1n) is 10.1. The molecule has 1 nitrogen and oxygen atoms in total. The van der Waals surface area contributed by atoms with E-state index in [1.165, 1.54) is 77.0 Å². The molecule has 2 atom stereocenters. The van der Waals surface area contributed by atoms with Crippen molar-refractivity contribution < 1.29 is 5.11 Å². The summed E-state index contributed by atoms with van der Waals surface area (Å²) in [7, 11) is 0.649. The summed E-state index contributed by atoms with van der Waals surface area (Å²) < 4.78 is 0. The first-order valence-corrected chi connectivity index (χ1v) is 11.5. The van der Waals surface area contributed by atoms with Crippen LogP contribution >= 0.6 is 0 Å². The number of rotatable bonds is 3. The van der Waals surface area contributed by atoms with E-state index in [4.69, 9.17) is 0 Å². The lowest BCUT2D eigenvalue weighted by Gasteiger charge is -2.41. The SMILES string of the molecule is CC1CC([S+](C2CCCCC2)C2CCCCC2)CC(C)C1O. The van der Waals surface area contributed by atoms with E-state index >= 15 is 0 Å². The van der Waals surface area contributed by atoms with E-state index < -0.39 is 0 Å². The lowest BCUT2D eigenvalue weighted by atomic mass is 9.80. The summed E-state index contributed by atoms with van der Waals surface area (Å²) in [5, 5.41) is 13.4. The highest BCUT2D eigenvalue weighted by atomic mass is 32.2. The molecule has 0 aliphatic heterocycles. The molecule has 22 heavy (non-hydrogen) atoms. The minimum absolute atomic E-state index is 0.0422. The first kappa shape index (κ1) is 17.1. The van der Waals surface area contributed by atoms with Crippen molar-refractivity contribution in [1.82, 2.24) is 0 Å². The fraction of sp³-hybridized carbons (Fsp3) is 1.00. The van der Waals surface area contributed by atoms with Crippen molar-refractivity contribution in [3.63, 3.8) is 0 Å². The molecule has 3 fully saturated rings. The van der Waals surface area contributed by atoms with Gasteiger partial charge in [-0.15, -0.1) is 0 Å². The number of hydrogen-bond donors (Lipinski definition) is 1. The molecular weight excluding hydrogens is 288 g/mol. The molecule has 0 amide bonds. The summed E-state index contributed by atoms with van der Waals surface area (Å²) >= 11 is 0. The summed E-state index contributed by atoms with van der Waals surface area (Å²) in [6, 6.07) is 0. The summed E-state index contributed by atoms with van der Waals surface area (Å²) in [6.45, 7) is 4.60. The average molecular weight is 326 g/mol. The van der Waals surface area contributed by atoms with E-state index in [1.807, 2.05) is 0 Å². The fourth-order valence-electron chi connectivity index (χ4n) is 5.48. The van der Waals surface area contributed by atoms with Gasteiger partial charge in [0.2, 0.25) is 0 Å². The quantitative estimate of drug-likeness (QED) is 0.719. The molecule has 2 heteroatoms. The minimum atomic E-state index is -0.0422. The monoisotopic (exact) mass is 325 g/mol. The Balaban J connectivity index is 1.74. The number of aliphatic hydroxyl groups excluding tert-OH is 1. The van der Waals surface area contributed by atoms with Gasteiger partial charge in [0.25, 0.3) is 0 Å². The highest BCUT2D eigenvalue weighted by Gasteiger charge is 2.48. The topological polar surface area (TPSA) is 20.2 Å². The van der Waals surface area contributed by atoms with Gasteiger partial charge >= 0.3 is 0 Å². The van der Waals surface area contributed by atoms with Gasteiger partial charge in [0.05, 0.1) is 6.10 Å². The van der Waals surface area contributed by atoms with Crippen LogP contribution in [0, 0.1) is 11.8 Å². The number of hydrogen-bond acceptors (Lipinski definition) is 1. The Bertz CT molecular complexity index is 303. The zero-order chi connectivity index (χ0) is 15.5. The minimum Gasteiger partial charge on any atom is -0.393 e. The Morgan fingerprint density at radius 1 is 0.636 bits per heavy atom. The lowest BCUT2D eigenvalue weighted by molar-refractivity contribution is 0.0351. The van der Waals surface area contributed by atoms with E-state index in [0.29, 0.717) is 22.7 Å². The van der Waals surface area contributed by atoms with E-state index in [9.17, 15) is 5.11 Å². The molecule has 0 saturated heterocycles. The van der Waals surface area contributed by atoms with Crippen LogP contribution in [0.15, 0.2) is 0 Å². The van der Waals surface area contributed by atoms with Gasteiger partial charge in [-0.1, -0.05) is 26.7 Å². The Kier molecular flexibility index (Phi) is 6.17. The molecule has 0 spiro atoms. The van der Waals surface area contributed by atoms with Crippen LogP contribution in [-0.4, -0.2) is 27.0 Å². The fourth-order valence-corrected chi connectivity index (χ4v) is 9.92. The number of aliphatic hydroxyl groups is 1. The molecule has 0 heterocycles. The molecule has 0 bridgehead atoms. The predicted molar refractivity (Wildman–Crippen MR) is 98.5 cm³/mol. The molecule has 0 aromatic carbocycles. The van der Waals surface area contributed by atoms with Gasteiger partial charge in [0, 0.05) is 0 Å². The van der Waals surface area contributed by atoms with Crippen LogP contribution in [0.25, 0.3) is 0 Å². The van der Waals surface area contributed by atoms with Crippen molar-refractivity contribution in [3.8, 4) is 0 Å². The molecule has 1 N–H and O–H groups in total. The predicted octanol–water partition coefficient (Wildman–Crippen LogP) is 5.07. The van der Waals surface area contributed by atoms with Crippen molar-refractivity contribution in [3.05, 3.63) is 0 Å². The van der Waals surface area contributed by atoms with Gasteiger partial charge in [-0.3, -0.25) is 0 Å². The molecule has 128 valence electrons. The van der Waals surface area contributed by atoms with Gasteiger partial charge in [0.1, 0.15) is 15.7 Å². The Hall–Kier alpha value is 0.310. The van der Waals surface area contributed by atoms with Crippen molar-refractivity contribution in [1.29, 1.82) is 0 Å². The normalized spacial score (nSPS) is 39.3. The summed E-state index contributed by atoms with van der Waals surface area (Å²) in [6.07, 6.45) is 17.5. The Morgan fingerprint density at radius 2 is 1.05 bits per heavy atom. The van der Waals surface area contributed by atoms with Gasteiger partial charge in [0.15, 0.2) is 0 Å². The van der Waals surface area contributed by atoms with Crippen molar-refractivity contribution in [2.75, 3.05) is 0 Å². The molecule has 3 saturated carbocycles. The summed E-state index contributed by atoms with van der Waals surface area (Å²) in [5.74, 6) is 1.05. The summed E-state index contributed by atoms with van der Waals surface area (Å²) in [4.78, 5) is 0. The van der Waals surface area contributed by atoms with Crippen LogP contribution in [-0.2, 0) is 10.9 Å². The maximum atomic E-state index is 10.4. The molecule has 3 aliphatic carbocycles. The van der Waals surface area contributed by atoms with Crippen LogP contribution in [0.1, 0.15) is 90.9 Å². The largest absolute Gasteiger partial charge is 0.393 e. The van der Waals surface area contributed by atoms with Crippen molar-refractivity contribution in [2.24, 2.45) is 11.8 Å².